The summed E-state index contributed by atoms with van der Waals surface area (Å²) in [6, 6.07) is 4.32. The normalized spacial score (nSPS) is 11.8. The van der Waals surface area contributed by atoms with E-state index < -0.39 is 11.9 Å². The molecular weight excluding hydrogens is 333 g/mol. The predicted molar refractivity (Wildman–Crippen MR) is 89.5 cm³/mol. The first-order valence-corrected chi connectivity index (χ1v) is 7.63. The molecule has 134 valence electrons. The van der Waals surface area contributed by atoms with E-state index in [2.05, 4.69) is 15.0 Å². The lowest BCUT2D eigenvalue weighted by atomic mass is 10.1. The molecule has 0 aliphatic rings. The second kappa shape index (κ2) is 7.50. The molecule has 0 bridgehead atoms. The highest BCUT2D eigenvalue weighted by atomic mass is 19.4. The SMILES string of the molecule is CCN(C)C=Nc1cc(C)c(Oc2cc(C(F)(F)F)ncn2)cc1C. The van der Waals surface area contributed by atoms with Crippen molar-refractivity contribution >= 4 is 12.0 Å². The number of hydrogen-bond acceptors (Lipinski definition) is 4. The predicted octanol–water partition coefficient (Wildman–Crippen LogP) is 4.52. The number of halogens is 3. The Morgan fingerprint density at radius 3 is 2.52 bits per heavy atom. The number of aliphatic imine (C=N–C) groups is 1. The van der Waals surface area contributed by atoms with Gasteiger partial charge in [-0.2, -0.15) is 13.2 Å². The van der Waals surface area contributed by atoms with Crippen LogP contribution in [0.15, 0.2) is 29.5 Å². The lowest BCUT2D eigenvalue weighted by Gasteiger charge is -2.13. The zero-order chi connectivity index (χ0) is 18.6. The average Bonchev–Trinajstić information content (AvgIpc) is 2.55. The molecular formula is C17H19F3N4O. The fourth-order valence-electron chi connectivity index (χ4n) is 1.93. The van der Waals surface area contributed by atoms with Gasteiger partial charge in [0.25, 0.3) is 0 Å². The minimum absolute atomic E-state index is 0.160. The molecule has 0 N–H and O–H groups in total. The molecule has 0 atom stereocenters. The summed E-state index contributed by atoms with van der Waals surface area (Å²) in [5.74, 6) is 0.263. The van der Waals surface area contributed by atoms with Crippen LogP contribution in [0.4, 0.5) is 18.9 Å². The van der Waals surface area contributed by atoms with Crippen LogP contribution in [-0.2, 0) is 6.18 Å². The van der Waals surface area contributed by atoms with Gasteiger partial charge >= 0.3 is 6.18 Å². The van der Waals surface area contributed by atoms with Crippen LogP contribution in [0.5, 0.6) is 11.6 Å². The number of alkyl halides is 3. The van der Waals surface area contributed by atoms with Crippen molar-refractivity contribution in [2.75, 3.05) is 13.6 Å². The van der Waals surface area contributed by atoms with Crippen molar-refractivity contribution in [3.63, 3.8) is 0 Å². The number of aromatic nitrogens is 2. The molecule has 5 nitrogen and oxygen atoms in total. The van der Waals surface area contributed by atoms with E-state index in [-0.39, 0.29) is 5.88 Å². The molecule has 8 heteroatoms. The highest BCUT2D eigenvalue weighted by Gasteiger charge is 2.33. The Labute approximate surface area is 144 Å². The fraction of sp³-hybridized carbons (Fsp3) is 0.353. The van der Waals surface area contributed by atoms with E-state index in [0.717, 1.165) is 35.8 Å². The summed E-state index contributed by atoms with van der Waals surface area (Å²) in [5, 5.41) is 0. The highest BCUT2D eigenvalue weighted by Crippen LogP contribution is 2.33. The molecule has 1 aromatic heterocycles. The maximum atomic E-state index is 12.7. The minimum atomic E-state index is -4.55. The van der Waals surface area contributed by atoms with E-state index in [1.165, 1.54) is 0 Å². The molecule has 25 heavy (non-hydrogen) atoms. The number of hydrogen-bond donors (Lipinski definition) is 0. The van der Waals surface area contributed by atoms with Crippen molar-refractivity contribution < 1.29 is 17.9 Å². The van der Waals surface area contributed by atoms with Gasteiger partial charge in [-0.3, -0.25) is 0 Å². The Morgan fingerprint density at radius 1 is 1.16 bits per heavy atom. The summed E-state index contributed by atoms with van der Waals surface area (Å²) in [6.07, 6.45) is -1.99. The minimum Gasteiger partial charge on any atom is -0.439 e. The van der Waals surface area contributed by atoms with Crippen LogP contribution in [-0.4, -0.2) is 34.8 Å². The van der Waals surface area contributed by atoms with Gasteiger partial charge in [0.1, 0.15) is 12.1 Å². The van der Waals surface area contributed by atoms with Gasteiger partial charge in [0.15, 0.2) is 5.69 Å². The molecule has 0 radical (unpaired) electrons. The lowest BCUT2D eigenvalue weighted by molar-refractivity contribution is -0.141. The van der Waals surface area contributed by atoms with Crippen LogP contribution >= 0.6 is 0 Å². The molecule has 0 saturated heterocycles. The fourth-order valence-corrected chi connectivity index (χ4v) is 1.93. The number of benzene rings is 1. The first-order chi connectivity index (χ1) is 11.7. The molecule has 0 spiro atoms. The van der Waals surface area contributed by atoms with Gasteiger partial charge in [0.2, 0.25) is 5.88 Å². The van der Waals surface area contributed by atoms with Crippen LogP contribution in [0, 0.1) is 13.8 Å². The smallest absolute Gasteiger partial charge is 0.433 e. The molecule has 0 unspecified atom stereocenters. The van der Waals surface area contributed by atoms with Crippen LogP contribution in [0.25, 0.3) is 0 Å². The van der Waals surface area contributed by atoms with Crippen molar-refractivity contribution in [3.05, 3.63) is 41.3 Å². The Morgan fingerprint density at radius 2 is 1.88 bits per heavy atom. The van der Waals surface area contributed by atoms with Crippen LogP contribution in [0.2, 0.25) is 0 Å². The van der Waals surface area contributed by atoms with Gasteiger partial charge in [-0.15, -0.1) is 0 Å². The summed E-state index contributed by atoms with van der Waals surface area (Å²) in [5.41, 5.74) is 1.30. The van der Waals surface area contributed by atoms with Crippen molar-refractivity contribution in [3.8, 4) is 11.6 Å². The van der Waals surface area contributed by atoms with Crippen molar-refractivity contribution in [2.45, 2.75) is 26.9 Å². The topological polar surface area (TPSA) is 50.6 Å². The van der Waals surface area contributed by atoms with E-state index in [9.17, 15) is 13.2 Å². The Balaban J connectivity index is 2.27. The number of ether oxygens (including phenoxy) is 1. The number of rotatable bonds is 5. The van der Waals surface area contributed by atoms with Crippen molar-refractivity contribution in [1.82, 2.24) is 14.9 Å². The zero-order valence-electron chi connectivity index (χ0n) is 14.4. The summed E-state index contributed by atoms with van der Waals surface area (Å²) in [6.45, 7) is 6.49. The van der Waals surface area contributed by atoms with E-state index in [0.29, 0.717) is 5.75 Å². The van der Waals surface area contributed by atoms with E-state index >= 15 is 0 Å². The van der Waals surface area contributed by atoms with Gasteiger partial charge in [0.05, 0.1) is 12.0 Å². The van der Waals surface area contributed by atoms with E-state index in [4.69, 9.17) is 4.74 Å². The third kappa shape index (κ3) is 4.91. The lowest BCUT2D eigenvalue weighted by Crippen LogP contribution is -2.14. The van der Waals surface area contributed by atoms with Gasteiger partial charge in [-0.1, -0.05) is 0 Å². The van der Waals surface area contributed by atoms with Gasteiger partial charge in [0, 0.05) is 19.7 Å². The quantitative estimate of drug-likeness (QED) is 0.587. The number of aryl methyl sites for hydroxylation is 2. The molecule has 1 heterocycles. The Bertz CT molecular complexity index is 775. The second-order valence-electron chi connectivity index (χ2n) is 5.56. The van der Waals surface area contributed by atoms with Crippen LogP contribution in [0.1, 0.15) is 23.7 Å². The largest absolute Gasteiger partial charge is 0.439 e. The summed E-state index contributed by atoms with van der Waals surface area (Å²) < 4.78 is 43.7. The average molecular weight is 352 g/mol. The van der Waals surface area contributed by atoms with E-state index in [1.54, 1.807) is 19.3 Å². The van der Waals surface area contributed by atoms with Gasteiger partial charge in [-0.05, 0) is 44.0 Å². The zero-order valence-corrected chi connectivity index (χ0v) is 14.4. The molecule has 0 saturated carbocycles. The molecule has 1 aromatic carbocycles. The maximum absolute atomic E-state index is 12.7. The first-order valence-electron chi connectivity index (χ1n) is 7.63. The Hall–Kier alpha value is -2.64. The Kier molecular flexibility index (Phi) is 5.61. The monoisotopic (exact) mass is 352 g/mol. The van der Waals surface area contributed by atoms with Crippen LogP contribution < -0.4 is 4.74 Å². The van der Waals surface area contributed by atoms with Gasteiger partial charge < -0.3 is 9.64 Å². The molecule has 0 aliphatic heterocycles. The van der Waals surface area contributed by atoms with Crippen molar-refractivity contribution in [2.24, 2.45) is 4.99 Å². The first kappa shape index (κ1) is 18.7. The summed E-state index contributed by atoms with van der Waals surface area (Å²) in [4.78, 5) is 13.3. The standard InChI is InChI=1S/C17H19F3N4O/c1-5-24(4)10-23-13-6-12(3)14(7-11(13)2)25-16-8-15(17(18,19)20)21-9-22-16/h6-10H,5H2,1-4H3. The molecule has 0 fully saturated rings. The molecule has 2 aromatic rings. The third-order valence-corrected chi connectivity index (χ3v) is 3.53. The summed E-state index contributed by atoms with van der Waals surface area (Å²) >= 11 is 0. The molecule has 2 rings (SSSR count). The molecule has 0 amide bonds. The molecule has 0 aliphatic carbocycles. The second-order valence-corrected chi connectivity index (χ2v) is 5.56. The van der Waals surface area contributed by atoms with Gasteiger partial charge in [-0.25, -0.2) is 15.0 Å². The third-order valence-electron chi connectivity index (χ3n) is 3.53. The summed E-state index contributed by atoms with van der Waals surface area (Å²) in [7, 11) is 1.91. The number of nitrogens with zero attached hydrogens (tertiary/aromatic N) is 4. The maximum Gasteiger partial charge on any atom is 0.433 e. The van der Waals surface area contributed by atoms with Crippen LogP contribution in [0.3, 0.4) is 0 Å². The highest BCUT2D eigenvalue weighted by molar-refractivity contribution is 5.64. The van der Waals surface area contributed by atoms with Crippen molar-refractivity contribution in [1.29, 1.82) is 0 Å². The van der Waals surface area contributed by atoms with E-state index in [1.807, 2.05) is 31.9 Å².